The number of nitrogens with one attached hydrogen (secondary N) is 1. The number of amides is 1. The number of carbonyl (C=O) groups is 1. The Morgan fingerprint density at radius 2 is 1.88 bits per heavy atom. The van der Waals surface area contributed by atoms with Crippen LogP contribution in [0, 0.1) is 6.92 Å². The average molecular weight is 474 g/mol. The standard InChI is InChI=1S/C21H26F3N3O4S/c1-4-27(5-2)16-9-10-17(15(3)14-16)26-20(28)31-18(21(22,23)24)11-13-32(29,30)19-8-6-7-12-25-19/h6-10,12,14,18H,4-5,11,13H2,1-3H3,(H,26,28). The lowest BCUT2D eigenvalue weighted by molar-refractivity contribution is -0.202. The number of aryl methyl sites for hydroxylation is 1. The van der Waals surface area contributed by atoms with Gasteiger partial charge in [-0.15, -0.1) is 0 Å². The Hall–Kier alpha value is -2.82. The van der Waals surface area contributed by atoms with Gasteiger partial charge in [-0.05, 0) is 56.7 Å². The van der Waals surface area contributed by atoms with Crippen LogP contribution in [0.4, 0.5) is 29.3 Å². The molecule has 1 aromatic heterocycles. The van der Waals surface area contributed by atoms with E-state index in [1.807, 2.05) is 19.9 Å². The molecule has 1 unspecified atom stereocenters. The van der Waals surface area contributed by atoms with E-state index in [9.17, 15) is 26.4 Å². The first-order valence-electron chi connectivity index (χ1n) is 10.0. The summed E-state index contributed by atoms with van der Waals surface area (Å²) in [6.45, 7) is 7.25. The lowest BCUT2D eigenvalue weighted by atomic mass is 10.1. The van der Waals surface area contributed by atoms with Gasteiger partial charge in [0, 0.05) is 37.1 Å². The number of nitrogens with zero attached hydrogens (tertiary/aromatic N) is 2. The van der Waals surface area contributed by atoms with Crippen molar-refractivity contribution < 1.29 is 31.1 Å². The second kappa shape index (κ2) is 10.7. The van der Waals surface area contributed by atoms with Gasteiger partial charge in [0.2, 0.25) is 0 Å². The SMILES string of the molecule is CCN(CC)c1ccc(NC(=O)OC(CCS(=O)(=O)c2ccccn2)C(F)(F)F)c(C)c1. The Kier molecular flexibility index (Phi) is 8.48. The van der Waals surface area contributed by atoms with Crippen molar-refractivity contribution in [3.63, 3.8) is 0 Å². The lowest BCUT2D eigenvalue weighted by Gasteiger charge is -2.23. The molecule has 7 nitrogen and oxygen atoms in total. The van der Waals surface area contributed by atoms with Gasteiger partial charge in [0.15, 0.2) is 21.0 Å². The van der Waals surface area contributed by atoms with E-state index in [1.165, 1.54) is 24.4 Å². The zero-order valence-electron chi connectivity index (χ0n) is 18.0. The predicted octanol–water partition coefficient (Wildman–Crippen LogP) is 4.58. The molecule has 0 fully saturated rings. The number of benzene rings is 1. The average Bonchev–Trinajstić information content (AvgIpc) is 2.73. The summed E-state index contributed by atoms with van der Waals surface area (Å²) in [5.74, 6) is -0.876. The summed E-state index contributed by atoms with van der Waals surface area (Å²) in [7, 11) is -4.06. The van der Waals surface area contributed by atoms with Gasteiger partial charge in [-0.1, -0.05) is 6.07 Å². The van der Waals surface area contributed by atoms with Crippen LogP contribution < -0.4 is 10.2 Å². The monoisotopic (exact) mass is 473 g/mol. The number of aromatic nitrogens is 1. The van der Waals surface area contributed by atoms with Crippen molar-refractivity contribution >= 4 is 27.3 Å². The molecule has 0 aliphatic carbocycles. The van der Waals surface area contributed by atoms with Crippen molar-refractivity contribution in [2.24, 2.45) is 0 Å². The smallest absolute Gasteiger partial charge is 0.425 e. The summed E-state index contributed by atoms with van der Waals surface area (Å²) < 4.78 is 69.1. The minimum absolute atomic E-state index is 0.299. The Morgan fingerprint density at radius 1 is 1.19 bits per heavy atom. The van der Waals surface area contributed by atoms with Gasteiger partial charge in [-0.25, -0.2) is 18.2 Å². The summed E-state index contributed by atoms with van der Waals surface area (Å²) >= 11 is 0. The maximum Gasteiger partial charge on any atom is 0.425 e. The fourth-order valence-corrected chi connectivity index (χ4v) is 4.27. The van der Waals surface area contributed by atoms with Gasteiger partial charge in [0.25, 0.3) is 0 Å². The molecule has 0 aliphatic heterocycles. The number of halogens is 3. The molecule has 2 rings (SSSR count). The van der Waals surface area contributed by atoms with E-state index in [4.69, 9.17) is 0 Å². The van der Waals surface area contributed by atoms with Crippen LogP contribution in [-0.4, -0.2) is 50.6 Å². The number of alkyl halides is 3. The fourth-order valence-electron chi connectivity index (χ4n) is 3.03. The van der Waals surface area contributed by atoms with Gasteiger partial charge in [-0.2, -0.15) is 13.2 Å². The summed E-state index contributed by atoms with van der Waals surface area (Å²) in [6, 6.07) is 9.23. The Labute approximate surface area is 185 Å². The van der Waals surface area contributed by atoms with E-state index in [0.717, 1.165) is 18.8 Å². The van der Waals surface area contributed by atoms with E-state index >= 15 is 0 Å². The third-order valence-corrected chi connectivity index (χ3v) is 6.45. The zero-order chi connectivity index (χ0) is 23.9. The van der Waals surface area contributed by atoms with Gasteiger partial charge >= 0.3 is 12.3 Å². The molecule has 1 N–H and O–H groups in total. The first-order valence-corrected chi connectivity index (χ1v) is 11.7. The van der Waals surface area contributed by atoms with Crippen LogP contribution in [0.25, 0.3) is 0 Å². The highest BCUT2D eigenvalue weighted by molar-refractivity contribution is 7.91. The largest absolute Gasteiger partial charge is 0.436 e. The number of sulfone groups is 1. The van der Waals surface area contributed by atoms with Gasteiger partial charge in [0.05, 0.1) is 5.75 Å². The molecular formula is C21H26F3N3O4S. The van der Waals surface area contributed by atoms with Crippen LogP contribution in [0.1, 0.15) is 25.8 Å². The normalized spacial score (nSPS) is 12.8. The minimum Gasteiger partial charge on any atom is -0.436 e. The molecule has 0 spiro atoms. The molecular weight excluding hydrogens is 447 g/mol. The van der Waals surface area contributed by atoms with E-state index in [1.54, 1.807) is 19.1 Å². The Morgan fingerprint density at radius 3 is 2.41 bits per heavy atom. The highest BCUT2D eigenvalue weighted by Gasteiger charge is 2.43. The first-order chi connectivity index (χ1) is 15.0. The third-order valence-electron chi connectivity index (χ3n) is 4.79. The van der Waals surface area contributed by atoms with Crippen molar-refractivity contribution in [3.05, 3.63) is 48.2 Å². The molecule has 1 heterocycles. The van der Waals surface area contributed by atoms with Crippen LogP contribution in [0.3, 0.4) is 0 Å². The molecule has 11 heteroatoms. The summed E-state index contributed by atoms with van der Waals surface area (Å²) in [4.78, 5) is 17.9. The zero-order valence-corrected chi connectivity index (χ0v) is 18.8. The number of hydrogen-bond acceptors (Lipinski definition) is 6. The molecule has 32 heavy (non-hydrogen) atoms. The van der Waals surface area contributed by atoms with Crippen LogP contribution in [0.2, 0.25) is 0 Å². The van der Waals surface area contributed by atoms with Gasteiger partial charge < -0.3 is 9.64 Å². The van der Waals surface area contributed by atoms with Crippen molar-refractivity contribution in [1.29, 1.82) is 0 Å². The minimum atomic E-state index is -4.93. The maximum atomic E-state index is 13.4. The lowest BCUT2D eigenvalue weighted by Crippen LogP contribution is -2.37. The van der Waals surface area contributed by atoms with Crippen molar-refractivity contribution in [2.75, 3.05) is 29.1 Å². The second-order valence-corrected chi connectivity index (χ2v) is 9.06. The van der Waals surface area contributed by atoms with Crippen molar-refractivity contribution in [3.8, 4) is 0 Å². The number of ether oxygens (including phenoxy) is 1. The Bertz CT molecular complexity index is 1010. The molecule has 0 saturated carbocycles. The molecule has 0 bridgehead atoms. The third kappa shape index (κ3) is 6.84. The highest BCUT2D eigenvalue weighted by Crippen LogP contribution is 2.28. The van der Waals surface area contributed by atoms with Crippen LogP contribution >= 0.6 is 0 Å². The molecule has 1 amide bonds. The molecule has 0 saturated heterocycles. The first kappa shape index (κ1) is 25.4. The second-order valence-electron chi connectivity index (χ2n) is 7.01. The Balaban J connectivity index is 2.07. The quantitative estimate of drug-likeness (QED) is 0.574. The summed E-state index contributed by atoms with van der Waals surface area (Å²) in [5.41, 5.74) is 1.86. The molecule has 1 atom stereocenters. The van der Waals surface area contributed by atoms with Gasteiger partial charge in [-0.3, -0.25) is 5.32 Å². The molecule has 0 aliphatic rings. The summed E-state index contributed by atoms with van der Waals surface area (Å²) in [5, 5.41) is 1.96. The summed E-state index contributed by atoms with van der Waals surface area (Å²) in [6.07, 6.45) is -8.56. The number of pyridine rings is 1. The number of anilines is 2. The van der Waals surface area contributed by atoms with Crippen LogP contribution in [0.5, 0.6) is 0 Å². The number of rotatable bonds is 9. The molecule has 0 radical (unpaired) electrons. The molecule has 176 valence electrons. The number of hydrogen-bond donors (Lipinski definition) is 1. The topological polar surface area (TPSA) is 88.6 Å². The van der Waals surface area contributed by atoms with Crippen molar-refractivity contribution in [1.82, 2.24) is 4.98 Å². The van der Waals surface area contributed by atoms with Crippen molar-refractivity contribution in [2.45, 2.75) is 44.5 Å². The highest BCUT2D eigenvalue weighted by atomic mass is 32.2. The molecule has 2 aromatic rings. The van der Waals surface area contributed by atoms with E-state index < -0.39 is 40.4 Å². The molecule has 1 aromatic carbocycles. The van der Waals surface area contributed by atoms with E-state index in [-0.39, 0.29) is 5.03 Å². The predicted molar refractivity (Wildman–Crippen MR) is 116 cm³/mol. The fraction of sp³-hybridized carbons (Fsp3) is 0.429. The number of carbonyl (C=O) groups excluding carboxylic acids is 1. The van der Waals surface area contributed by atoms with Crippen LogP contribution in [0.15, 0.2) is 47.6 Å². The van der Waals surface area contributed by atoms with E-state index in [0.29, 0.717) is 11.3 Å². The van der Waals surface area contributed by atoms with Gasteiger partial charge in [0.1, 0.15) is 0 Å². The maximum absolute atomic E-state index is 13.4. The van der Waals surface area contributed by atoms with E-state index in [2.05, 4.69) is 19.9 Å². The van der Waals surface area contributed by atoms with Crippen LogP contribution in [-0.2, 0) is 14.6 Å².